The first-order chi connectivity index (χ1) is 18.2. The molecule has 0 saturated carbocycles. The largest absolute Gasteiger partial charge is 0.338 e. The molecule has 3 nitrogen and oxygen atoms in total. The fraction of sp³-hybridized carbons (Fsp3) is 0.303. The minimum absolute atomic E-state index is 0.134. The summed E-state index contributed by atoms with van der Waals surface area (Å²) in [6, 6.07) is 31.9. The molecule has 1 amide bonds. The summed E-state index contributed by atoms with van der Waals surface area (Å²) in [5.41, 5.74) is 3.36. The van der Waals surface area contributed by atoms with Gasteiger partial charge in [-0.15, -0.1) is 0 Å². The molecule has 37 heavy (non-hydrogen) atoms. The zero-order chi connectivity index (χ0) is 25.2. The third-order valence-corrected chi connectivity index (χ3v) is 8.40. The van der Waals surface area contributed by atoms with Crippen LogP contribution in [0.15, 0.2) is 97.1 Å². The van der Waals surface area contributed by atoms with Crippen LogP contribution in [0.25, 0.3) is 10.8 Å². The minimum atomic E-state index is -0.169. The molecule has 4 heteroatoms. The molecule has 2 aliphatic rings. The number of benzene rings is 4. The van der Waals surface area contributed by atoms with E-state index in [9.17, 15) is 9.18 Å². The van der Waals surface area contributed by atoms with Crippen LogP contribution >= 0.6 is 0 Å². The second-order valence-electron chi connectivity index (χ2n) is 10.6. The number of fused-ring (bicyclic) bond motifs is 1. The second kappa shape index (κ2) is 10.5. The lowest BCUT2D eigenvalue weighted by Crippen LogP contribution is -2.38. The number of piperidine rings is 1. The van der Waals surface area contributed by atoms with E-state index in [1.54, 1.807) is 12.1 Å². The number of hydrogen-bond donors (Lipinski definition) is 0. The van der Waals surface area contributed by atoms with E-state index in [1.165, 1.54) is 11.1 Å². The summed E-state index contributed by atoms with van der Waals surface area (Å²) in [4.78, 5) is 18.4. The fourth-order valence-corrected chi connectivity index (χ4v) is 6.40. The van der Waals surface area contributed by atoms with Crippen LogP contribution in [0.4, 0.5) is 4.39 Å². The average molecular weight is 493 g/mol. The summed E-state index contributed by atoms with van der Waals surface area (Å²) < 4.78 is 13.4. The Labute approximate surface area is 218 Å². The summed E-state index contributed by atoms with van der Waals surface area (Å²) in [5.74, 6) is 1.18. The molecular formula is C33H33FN2O. The highest BCUT2D eigenvalue weighted by Crippen LogP contribution is 2.36. The minimum Gasteiger partial charge on any atom is -0.338 e. The molecule has 0 spiro atoms. The van der Waals surface area contributed by atoms with Crippen molar-refractivity contribution >= 4 is 16.7 Å². The fourth-order valence-electron chi connectivity index (χ4n) is 6.40. The Balaban J connectivity index is 1.18. The summed E-state index contributed by atoms with van der Waals surface area (Å²) in [6.07, 6.45) is 2.18. The van der Waals surface area contributed by atoms with E-state index in [4.69, 9.17) is 0 Å². The molecule has 188 valence electrons. The number of amides is 1. The first-order valence-electron chi connectivity index (χ1n) is 13.5. The lowest BCUT2D eigenvalue weighted by atomic mass is 9.86. The maximum atomic E-state index is 13.8. The Kier molecular flexibility index (Phi) is 6.75. The lowest BCUT2D eigenvalue weighted by molar-refractivity contribution is 0.0783. The van der Waals surface area contributed by atoms with E-state index in [-0.39, 0.29) is 11.7 Å². The van der Waals surface area contributed by atoms with Crippen molar-refractivity contribution in [2.75, 3.05) is 32.7 Å². The third kappa shape index (κ3) is 5.03. The van der Waals surface area contributed by atoms with E-state index >= 15 is 0 Å². The van der Waals surface area contributed by atoms with Gasteiger partial charge in [0.25, 0.3) is 5.91 Å². The number of hydrogen-bond acceptors (Lipinski definition) is 2. The highest BCUT2D eigenvalue weighted by atomic mass is 19.1. The van der Waals surface area contributed by atoms with Gasteiger partial charge in [-0.2, -0.15) is 0 Å². The van der Waals surface area contributed by atoms with Crippen molar-refractivity contribution in [2.45, 2.75) is 24.7 Å². The number of carbonyl (C=O) groups excluding carboxylic acids is 1. The second-order valence-corrected chi connectivity index (χ2v) is 10.6. The SMILES string of the molecule is O=C(c1cccc2ccccc12)N1CC(CN2CCC(c3ccc(F)cc3)CC2)C(c2ccccc2)C1. The van der Waals surface area contributed by atoms with Crippen LogP contribution in [0.5, 0.6) is 0 Å². The first-order valence-corrected chi connectivity index (χ1v) is 13.5. The zero-order valence-electron chi connectivity index (χ0n) is 21.1. The van der Waals surface area contributed by atoms with Crippen molar-refractivity contribution in [3.05, 3.63) is 120 Å². The van der Waals surface area contributed by atoms with Gasteiger partial charge in [0.1, 0.15) is 5.82 Å². The standard InChI is InChI=1S/C33H33FN2O/c34-29-15-13-24(14-16-29)25-17-19-35(20-18-25)21-28-22-36(23-32(28)27-7-2-1-3-8-27)33(37)31-12-6-10-26-9-4-5-11-30(26)31/h1-16,25,28,32H,17-23H2. The van der Waals surface area contributed by atoms with Crippen LogP contribution in [0.2, 0.25) is 0 Å². The van der Waals surface area contributed by atoms with E-state index in [0.717, 1.165) is 61.9 Å². The van der Waals surface area contributed by atoms with E-state index in [2.05, 4.69) is 58.3 Å². The number of nitrogens with zero attached hydrogens (tertiary/aromatic N) is 2. The van der Waals surface area contributed by atoms with Gasteiger partial charge in [-0.1, -0.05) is 78.9 Å². The van der Waals surface area contributed by atoms with Gasteiger partial charge in [0.15, 0.2) is 0 Å². The first kappa shape index (κ1) is 23.9. The molecule has 4 aromatic rings. The average Bonchev–Trinajstić information content (AvgIpc) is 3.37. The van der Waals surface area contributed by atoms with Crippen LogP contribution < -0.4 is 0 Å². The summed E-state index contributed by atoms with van der Waals surface area (Å²) >= 11 is 0. The van der Waals surface area contributed by atoms with Crippen molar-refractivity contribution in [3.63, 3.8) is 0 Å². The van der Waals surface area contributed by atoms with Crippen LogP contribution in [-0.2, 0) is 0 Å². The van der Waals surface area contributed by atoms with Crippen LogP contribution in [0.1, 0.15) is 46.2 Å². The molecule has 6 rings (SSSR count). The molecule has 2 unspecified atom stereocenters. The molecule has 2 atom stereocenters. The number of carbonyl (C=O) groups is 1. The van der Waals surface area contributed by atoms with E-state index in [0.29, 0.717) is 17.8 Å². The number of rotatable bonds is 5. The van der Waals surface area contributed by atoms with Crippen molar-refractivity contribution in [2.24, 2.45) is 5.92 Å². The van der Waals surface area contributed by atoms with Crippen molar-refractivity contribution in [3.8, 4) is 0 Å². The molecular weight excluding hydrogens is 459 g/mol. The maximum Gasteiger partial charge on any atom is 0.254 e. The highest BCUT2D eigenvalue weighted by molar-refractivity contribution is 6.07. The maximum absolute atomic E-state index is 13.8. The quantitative estimate of drug-likeness (QED) is 0.309. The van der Waals surface area contributed by atoms with E-state index < -0.39 is 0 Å². The van der Waals surface area contributed by atoms with Gasteiger partial charge in [-0.05, 0) is 77.9 Å². The summed E-state index contributed by atoms with van der Waals surface area (Å²) in [7, 11) is 0. The molecule has 0 radical (unpaired) electrons. The van der Waals surface area contributed by atoms with Crippen molar-refractivity contribution in [1.82, 2.24) is 9.80 Å². The van der Waals surface area contributed by atoms with Crippen LogP contribution in [0.3, 0.4) is 0 Å². The zero-order valence-corrected chi connectivity index (χ0v) is 21.1. The number of likely N-dealkylation sites (tertiary alicyclic amines) is 2. The van der Waals surface area contributed by atoms with Gasteiger partial charge < -0.3 is 9.80 Å². The third-order valence-electron chi connectivity index (χ3n) is 8.40. The predicted octanol–water partition coefficient (Wildman–Crippen LogP) is 6.71. The molecule has 0 aromatic heterocycles. The molecule has 2 aliphatic heterocycles. The Hall–Kier alpha value is -3.50. The van der Waals surface area contributed by atoms with Gasteiger partial charge in [-0.25, -0.2) is 4.39 Å². The normalized spacial score (nSPS) is 20.9. The van der Waals surface area contributed by atoms with Crippen molar-refractivity contribution < 1.29 is 9.18 Å². The molecule has 0 N–H and O–H groups in total. The van der Waals surface area contributed by atoms with Gasteiger partial charge in [0.2, 0.25) is 0 Å². The van der Waals surface area contributed by atoms with E-state index in [1.807, 2.05) is 36.4 Å². The molecule has 2 saturated heterocycles. The molecule has 2 fully saturated rings. The Morgan fingerprint density at radius 2 is 1.46 bits per heavy atom. The van der Waals surface area contributed by atoms with Gasteiger partial charge in [0, 0.05) is 31.1 Å². The topological polar surface area (TPSA) is 23.6 Å². The monoisotopic (exact) mass is 492 g/mol. The van der Waals surface area contributed by atoms with Crippen LogP contribution in [0, 0.1) is 11.7 Å². The van der Waals surface area contributed by atoms with Gasteiger partial charge in [0.05, 0.1) is 0 Å². The predicted molar refractivity (Wildman–Crippen MR) is 147 cm³/mol. The number of halogens is 1. The van der Waals surface area contributed by atoms with Crippen molar-refractivity contribution in [1.29, 1.82) is 0 Å². The summed E-state index contributed by atoms with van der Waals surface area (Å²) in [6.45, 7) is 4.60. The molecule has 0 bridgehead atoms. The van der Waals surface area contributed by atoms with Crippen LogP contribution in [-0.4, -0.2) is 48.4 Å². The molecule has 2 heterocycles. The molecule has 4 aromatic carbocycles. The summed E-state index contributed by atoms with van der Waals surface area (Å²) in [5, 5.41) is 2.13. The van der Waals surface area contributed by atoms with Gasteiger partial charge in [-0.3, -0.25) is 4.79 Å². The van der Waals surface area contributed by atoms with Gasteiger partial charge >= 0.3 is 0 Å². The smallest absolute Gasteiger partial charge is 0.254 e. The Morgan fingerprint density at radius 3 is 2.24 bits per heavy atom. The highest BCUT2D eigenvalue weighted by Gasteiger charge is 2.38. The Morgan fingerprint density at radius 1 is 0.757 bits per heavy atom. The molecule has 0 aliphatic carbocycles. The Bertz CT molecular complexity index is 1360. The lowest BCUT2D eigenvalue weighted by Gasteiger charge is -2.34.